The molecule has 0 aliphatic heterocycles. The molecule has 0 atom stereocenters. The number of carbonyl (C=O) groups excluding carboxylic acids is 1. The molecule has 0 radical (unpaired) electrons. The molecule has 23 heavy (non-hydrogen) atoms. The maximum Gasteiger partial charge on any atom is 0.420 e. The standard InChI is InChI=1S/C19H19NO3/c1-12(2)15-6-4-14(5-7-15)11-20-17-9-8-16(13(3)21)10-18(17)23-19(20)22/h4-10,12H,11H2,1-3H3. The SMILES string of the molecule is CC(=O)c1ccc2c(c1)oc(=O)n2Cc1ccc(C(C)C)cc1. The van der Waals surface area contributed by atoms with Crippen molar-refractivity contribution in [3.8, 4) is 0 Å². The third kappa shape index (κ3) is 2.97. The zero-order valence-electron chi connectivity index (χ0n) is 13.5. The average Bonchev–Trinajstić information content (AvgIpc) is 2.83. The van der Waals surface area contributed by atoms with E-state index in [1.165, 1.54) is 12.5 Å². The van der Waals surface area contributed by atoms with Crippen LogP contribution in [-0.4, -0.2) is 10.4 Å². The van der Waals surface area contributed by atoms with Crippen LogP contribution in [0.4, 0.5) is 0 Å². The normalized spacial score (nSPS) is 11.3. The van der Waals surface area contributed by atoms with E-state index >= 15 is 0 Å². The van der Waals surface area contributed by atoms with Gasteiger partial charge in [-0.15, -0.1) is 0 Å². The molecular formula is C19H19NO3. The van der Waals surface area contributed by atoms with Gasteiger partial charge in [0.25, 0.3) is 0 Å². The summed E-state index contributed by atoms with van der Waals surface area (Å²) in [5.41, 5.74) is 3.99. The molecule has 2 aromatic carbocycles. The number of oxazole rings is 1. The molecule has 4 heteroatoms. The molecule has 1 aromatic heterocycles. The lowest BCUT2D eigenvalue weighted by Gasteiger charge is -2.07. The van der Waals surface area contributed by atoms with E-state index in [1.807, 2.05) is 12.1 Å². The van der Waals surface area contributed by atoms with Crippen LogP contribution in [0.5, 0.6) is 0 Å². The monoisotopic (exact) mass is 309 g/mol. The van der Waals surface area contributed by atoms with Crippen LogP contribution in [0, 0.1) is 0 Å². The van der Waals surface area contributed by atoms with Gasteiger partial charge in [0.2, 0.25) is 0 Å². The van der Waals surface area contributed by atoms with Gasteiger partial charge in [0, 0.05) is 5.56 Å². The number of hydrogen-bond acceptors (Lipinski definition) is 3. The van der Waals surface area contributed by atoms with E-state index in [-0.39, 0.29) is 5.78 Å². The molecule has 0 unspecified atom stereocenters. The Bertz CT molecular complexity index is 914. The Labute approximate surface area is 134 Å². The lowest BCUT2D eigenvalue weighted by atomic mass is 10.0. The lowest BCUT2D eigenvalue weighted by Crippen LogP contribution is -2.14. The van der Waals surface area contributed by atoms with E-state index in [1.54, 1.807) is 22.8 Å². The largest absolute Gasteiger partial charge is 0.420 e. The fourth-order valence-electron chi connectivity index (χ4n) is 2.63. The van der Waals surface area contributed by atoms with Crippen LogP contribution in [0.2, 0.25) is 0 Å². The van der Waals surface area contributed by atoms with Gasteiger partial charge in [0.1, 0.15) is 0 Å². The first kappa shape index (κ1) is 15.3. The summed E-state index contributed by atoms with van der Waals surface area (Å²) < 4.78 is 6.87. The zero-order chi connectivity index (χ0) is 16.6. The number of nitrogens with zero attached hydrogens (tertiary/aromatic N) is 1. The van der Waals surface area contributed by atoms with Crippen molar-refractivity contribution in [1.29, 1.82) is 0 Å². The molecule has 0 aliphatic rings. The van der Waals surface area contributed by atoms with Crippen molar-refractivity contribution >= 4 is 16.9 Å². The zero-order valence-corrected chi connectivity index (χ0v) is 13.5. The van der Waals surface area contributed by atoms with Crippen LogP contribution < -0.4 is 5.76 Å². The summed E-state index contributed by atoms with van der Waals surface area (Å²) in [5, 5.41) is 0. The Balaban J connectivity index is 1.98. The summed E-state index contributed by atoms with van der Waals surface area (Å²) in [5.74, 6) is 0.0201. The van der Waals surface area contributed by atoms with Crippen LogP contribution in [0.25, 0.3) is 11.1 Å². The summed E-state index contributed by atoms with van der Waals surface area (Å²) in [6, 6.07) is 13.3. The summed E-state index contributed by atoms with van der Waals surface area (Å²) in [6.07, 6.45) is 0. The highest BCUT2D eigenvalue weighted by atomic mass is 16.4. The second kappa shape index (κ2) is 5.88. The van der Waals surface area contributed by atoms with Crippen molar-refractivity contribution in [2.24, 2.45) is 0 Å². The Hall–Kier alpha value is -2.62. The Kier molecular flexibility index (Phi) is 3.90. The van der Waals surface area contributed by atoms with Crippen LogP contribution in [0.3, 0.4) is 0 Å². The molecule has 0 saturated carbocycles. The molecule has 0 aliphatic carbocycles. The van der Waals surface area contributed by atoms with Gasteiger partial charge < -0.3 is 4.42 Å². The van der Waals surface area contributed by atoms with Crippen molar-refractivity contribution in [3.05, 3.63) is 69.7 Å². The second-order valence-electron chi connectivity index (χ2n) is 6.09. The van der Waals surface area contributed by atoms with E-state index in [9.17, 15) is 9.59 Å². The molecule has 3 rings (SSSR count). The second-order valence-corrected chi connectivity index (χ2v) is 6.09. The molecule has 0 spiro atoms. The van der Waals surface area contributed by atoms with Gasteiger partial charge in [-0.2, -0.15) is 0 Å². The maximum absolute atomic E-state index is 12.1. The van der Waals surface area contributed by atoms with Crippen LogP contribution in [0.1, 0.15) is 48.2 Å². The predicted molar refractivity (Wildman–Crippen MR) is 90.1 cm³/mol. The number of hydrogen-bond donors (Lipinski definition) is 0. The highest BCUT2D eigenvalue weighted by Crippen LogP contribution is 2.18. The fraction of sp³-hybridized carbons (Fsp3) is 0.263. The van der Waals surface area contributed by atoms with Crippen molar-refractivity contribution in [2.75, 3.05) is 0 Å². The minimum atomic E-state index is -0.409. The quantitative estimate of drug-likeness (QED) is 0.685. The predicted octanol–water partition coefficient (Wildman–Crippen LogP) is 3.97. The van der Waals surface area contributed by atoms with Gasteiger partial charge in [0.05, 0.1) is 12.1 Å². The minimum Gasteiger partial charge on any atom is -0.408 e. The molecule has 0 bridgehead atoms. The minimum absolute atomic E-state index is 0.0495. The summed E-state index contributed by atoms with van der Waals surface area (Å²) in [7, 11) is 0. The molecular weight excluding hydrogens is 290 g/mol. The molecule has 4 nitrogen and oxygen atoms in total. The molecule has 1 heterocycles. The number of carbonyl (C=O) groups is 1. The van der Waals surface area contributed by atoms with Crippen LogP contribution in [0.15, 0.2) is 51.7 Å². The molecule has 0 saturated heterocycles. The van der Waals surface area contributed by atoms with Crippen LogP contribution in [-0.2, 0) is 6.54 Å². The summed E-state index contributed by atoms with van der Waals surface area (Å²) >= 11 is 0. The van der Waals surface area contributed by atoms with Crippen molar-refractivity contribution in [1.82, 2.24) is 4.57 Å². The van der Waals surface area contributed by atoms with Crippen LogP contribution >= 0.6 is 0 Å². The first-order chi connectivity index (χ1) is 11.0. The Morgan fingerprint density at radius 2 is 1.83 bits per heavy atom. The number of rotatable bonds is 4. The molecule has 118 valence electrons. The molecule has 3 aromatic rings. The third-order valence-corrected chi connectivity index (χ3v) is 4.06. The van der Waals surface area contributed by atoms with Crippen molar-refractivity contribution < 1.29 is 9.21 Å². The fourth-order valence-corrected chi connectivity index (χ4v) is 2.63. The van der Waals surface area contributed by atoms with Gasteiger partial charge in [-0.25, -0.2) is 4.79 Å². The molecule has 0 N–H and O–H groups in total. The number of benzene rings is 2. The average molecular weight is 309 g/mol. The third-order valence-electron chi connectivity index (χ3n) is 4.06. The van der Waals surface area contributed by atoms with Crippen molar-refractivity contribution in [2.45, 2.75) is 33.2 Å². The topological polar surface area (TPSA) is 52.2 Å². The van der Waals surface area contributed by atoms with E-state index in [4.69, 9.17) is 4.42 Å². The number of ketones is 1. The highest BCUT2D eigenvalue weighted by Gasteiger charge is 2.12. The van der Waals surface area contributed by atoms with E-state index < -0.39 is 5.76 Å². The Morgan fingerprint density at radius 1 is 1.13 bits per heavy atom. The number of aromatic nitrogens is 1. The van der Waals surface area contributed by atoms with E-state index in [2.05, 4.69) is 26.0 Å². The van der Waals surface area contributed by atoms with E-state index in [0.717, 1.165) is 5.56 Å². The first-order valence-electron chi connectivity index (χ1n) is 7.69. The van der Waals surface area contributed by atoms with Gasteiger partial charge in [0.15, 0.2) is 11.4 Å². The van der Waals surface area contributed by atoms with E-state index in [0.29, 0.717) is 29.1 Å². The molecule has 0 amide bonds. The number of fused-ring (bicyclic) bond motifs is 1. The molecule has 0 fully saturated rings. The summed E-state index contributed by atoms with van der Waals surface area (Å²) in [4.78, 5) is 23.5. The first-order valence-corrected chi connectivity index (χ1v) is 7.69. The van der Waals surface area contributed by atoms with Gasteiger partial charge in [-0.3, -0.25) is 9.36 Å². The van der Waals surface area contributed by atoms with Gasteiger partial charge in [-0.1, -0.05) is 38.1 Å². The van der Waals surface area contributed by atoms with Gasteiger partial charge >= 0.3 is 5.76 Å². The smallest absolute Gasteiger partial charge is 0.408 e. The van der Waals surface area contributed by atoms with Gasteiger partial charge in [-0.05, 0) is 42.2 Å². The summed E-state index contributed by atoms with van der Waals surface area (Å²) in [6.45, 7) is 6.24. The highest BCUT2D eigenvalue weighted by molar-refractivity contribution is 5.96. The Morgan fingerprint density at radius 3 is 2.43 bits per heavy atom. The van der Waals surface area contributed by atoms with Crippen molar-refractivity contribution in [3.63, 3.8) is 0 Å². The lowest BCUT2D eigenvalue weighted by molar-refractivity contribution is 0.101. The number of Topliss-reactive ketones (excluding diaryl/α,β-unsaturated/α-hetero) is 1. The maximum atomic E-state index is 12.1.